The number of rotatable bonds is 6. The fourth-order valence-electron chi connectivity index (χ4n) is 3.06. The van der Waals surface area contributed by atoms with Crippen molar-refractivity contribution in [2.75, 3.05) is 26.3 Å². The zero-order valence-electron chi connectivity index (χ0n) is 14.2. The number of halogens is 1. The van der Waals surface area contributed by atoms with Gasteiger partial charge in [0.05, 0.1) is 13.2 Å². The molecule has 0 radical (unpaired) electrons. The van der Waals surface area contributed by atoms with Gasteiger partial charge in [-0.05, 0) is 24.1 Å². The maximum absolute atomic E-state index is 13.8. The van der Waals surface area contributed by atoms with E-state index in [0.717, 1.165) is 39.4 Å². The molecule has 0 bridgehead atoms. The molecular weight excluding hydrogens is 303 g/mol. The molecule has 1 N–H and O–H groups in total. The summed E-state index contributed by atoms with van der Waals surface area (Å²) >= 11 is 0. The largest absolute Gasteiger partial charge is 0.379 e. The van der Waals surface area contributed by atoms with Crippen LogP contribution in [-0.2, 0) is 17.8 Å². The molecule has 1 atom stereocenters. The van der Waals surface area contributed by atoms with Crippen molar-refractivity contribution < 1.29 is 9.13 Å². The van der Waals surface area contributed by atoms with E-state index >= 15 is 0 Å². The summed E-state index contributed by atoms with van der Waals surface area (Å²) in [6.45, 7) is 7.31. The van der Waals surface area contributed by atoms with E-state index in [0.29, 0.717) is 5.56 Å². The van der Waals surface area contributed by atoms with Crippen LogP contribution in [0.25, 0.3) is 0 Å². The molecular formula is C20H25FN2O. The molecule has 24 heavy (non-hydrogen) atoms. The number of morpholine rings is 1. The maximum Gasteiger partial charge on any atom is 0.127 e. The van der Waals surface area contributed by atoms with E-state index in [-0.39, 0.29) is 11.9 Å². The van der Waals surface area contributed by atoms with Crippen molar-refractivity contribution in [2.45, 2.75) is 26.1 Å². The topological polar surface area (TPSA) is 24.5 Å². The van der Waals surface area contributed by atoms with Gasteiger partial charge in [0.1, 0.15) is 5.82 Å². The van der Waals surface area contributed by atoms with E-state index in [1.54, 1.807) is 6.07 Å². The van der Waals surface area contributed by atoms with Gasteiger partial charge in [0.2, 0.25) is 0 Å². The number of ether oxygens (including phenoxy) is 1. The SMILES string of the molecule is C[C@@H](NCc1cccc(CN2CCOCC2)c1)c1ccccc1F. The Labute approximate surface area is 143 Å². The van der Waals surface area contributed by atoms with Crippen LogP contribution in [0.5, 0.6) is 0 Å². The van der Waals surface area contributed by atoms with Crippen LogP contribution in [0.15, 0.2) is 48.5 Å². The molecule has 1 fully saturated rings. The Kier molecular flexibility index (Phi) is 5.96. The van der Waals surface area contributed by atoms with Crippen molar-refractivity contribution in [3.8, 4) is 0 Å². The lowest BCUT2D eigenvalue weighted by molar-refractivity contribution is 0.0342. The zero-order chi connectivity index (χ0) is 16.8. The lowest BCUT2D eigenvalue weighted by Crippen LogP contribution is -2.35. The number of hydrogen-bond donors (Lipinski definition) is 1. The minimum atomic E-state index is -0.154. The highest BCUT2D eigenvalue weighted by Gasteiger charge is 2.12. The Morgan fingerprint density at radius 1 is 1.08 bits per heavy atom. The van der Waals surface area contributed by atoms with Crippen molar-refractivity contribution in [2.24, 2.45) is 0 Å². The monoisotopic (exact) mass is 328 g/mol. The second-order valence-electron chi connectivity index (χ2n) is 6.33. The number of nitrogens with one attached hydrogen (secondary N) is 1. The summed E-state index contributed by atoms with van der Waals surface area (Å²) in [5.41, 5.74) is 3.25. The van der Waals surface area contributed by atoms with Gasteiger partial charge >= 0.3 is 0 Å². The highest BCUT2D eigenvalue weighted by atomic mass is 19.1. The predicted molar refractivity (Wildman–Crippen MR) is 94.2 cm³/mol. The van der Waals surface area contributed by atoms with E-state index in [1.165, 1.54) is 17.2 Å². The minimum absolute atomic E-state index is 0.0194. The van der Waals surface area contributed by atoms with E-state index in [1.807, 2.05) is 19.1 Å². The first-order valence-electron chi connectivity index (χ1n) is 8.58. The lowest BCUT2D eigenvalue weighted by atomic mass is 10.1. The van der Waals surface area contributed by atoms with Gasteiger partial charge in [-0.1, -0.05) is 42.5 Å². The molecule has 0 amide bonds. The highest BCUT2D eigenvalue weighted by Crippen LogP contribution is 2.17. The molecule has 2 aromatic rings. The van der Waals surface area contributed by atoms with Crippen molar-refractivity contribution in [3.05, 3.63) is 71.0 Å². The maximum atomic E-state index is 13.8. The first-order valence-corrected chi connectivity index (χ1v) is 8.58. The van der Waals surface area contributed by atoms with Crippen LogP contribution in [0.4, 0.5) is 4.39 Å². The summed E-state index contributed by atoms with van der Waals surface area (Å²) in [6.07, 6.45) is 0. The molecule has 0 aliphatic carbocycles. The van der Waals surface area contributed by atoms with Crippen LogP contribution >= 0.6 is 0 Å². The number of benzene rings is 2. The van der Waals surface area contributed by atoms with Gasteiger partial charge in [0.15, 0.2) is 0 Å². The van der Waals surface area contributed by atoms with Gasteiger partial charge in [-0.15, -0.1) is 0 Å². The lowest BCUT2D eigenvalue weighted by Gasteiger charge is -2.26. The summed E-state index contributed by atoms with van der Waals surface area (Å²) in [7, 11) is 0. The molecule has 1 aliphatic heterocycles. The molecule has 3 rings (SSSR count). The third-order valence-electron chi connectivity index (χ3n) is 4.49. The van der Waals surface area contributed by atoms with E-state index in [9.17, 15) is 4.39 Å². The molecule has 2 aromatic carbocycles. The second kappa shape index (κ2) is 8.38. The van der Waals surface area contributed by atoms with Crippen LogP contribution in [0.2, 0.25) is 0 Å². The smallest absolute Gasteiger partial charge is 0.127 e. The molecule has 1 heterocycles. The average molecular weight is 328 g/mol. The van der Waals surface area contributed by atoms with Gasteiger partial charge in [-0.3, -0.25) is 4.90 Å². The Bertz CT molecular complexity index is 656. The Hall–Kier alpha value is -1.75. The van der Waals surface area contributed by atoms with Gasteiger partial charge in [-0.2, -0.15) is 0 Å². The molecule has 128 valence electrons. The Morgan fingerprint density at radius 2 is 1.83 bits per heavy atom. The van der Waals surface area contributed by atoms with Crippen molar-refractivity contribution in [3.63, 3.8) is 0 Å². The summed E-state index contributed by atoms with van der Waals surface area (Å²) in [6, 6.07) is 15.5. The van der Waals surface area contributed by atoms with Crippen LogP contribution in [0.1, 0.15) is 29.7 Å². The fourth-order valence-corrected chi connectivity index (χ4v) is 3.06. The van der Waals surface area contributed by atoms with E-state index in [4.69, 9.17) is 4.74 Å². The molecule has 4 heteroatoms. The Morgan fingerprint density at radius 3 is 2.62 bits per heavy atom. The molecule has 3 nitrogen and oxygen atoms in total. The third kappa shape index (κ3) is 4.63. The molecule has 1 saturated heterocycles. The van der Waals surface area contributed by atoms with E-state index in [2.05, 4.69) is 34.5 Å². The standard InChI is InChI=1S/C20H25FN2O/c1-16(19-7-2-3-8-20(19)21)22-14-17-5-4-6-18(13-17)15-23-9-11-24-12-10-23/h2-8,13,16,22H,9-12,14-15H2,1H3/t16-/m1/s1. The van der Waals surface area contributed by atoms with Crippen LogP contribution in [0, 0.1) is 5.82 Å². The van der Waals surface area contributed by atoms with Gasteiger partial charge in [0.25, 0.3) is 0 Å². The van der Waals surface area contributed by atoms with Gasteiger partial charge < -0.3 is 10.1 Å². The van der Waals surface area contributed by atoms with Gasteiger partial charge in [0, 0.05) is 37.8 Å². The molecule has 0 spiro atoms. The predicted octanol–water partition coefficient (Wildman–Crippen LogP) is 3.51. The average Bonchev–Trinajstić information content (AvgIpc) is 2.61. The van der Waals surface area contributed by atoms with Crippen molar-refractivity contribution >= 4 is 0 Å². The highest BCUT2D eigenvalue weighted by molar-refractivity contribution is 5.24. The fraction of sp³-hybridized carbons (Fsp3) is 0.400. The van der Waals surface area contributed by atoms with Crippen LogP contribution in [-0.4, -0.2) is 31.2 Å². The summed E-state index contributed by atoms with van der Waals surface area (Å²) in [4.78, 5) is 2.41. The minimum Gasteiger partial charge on any atom is -0.379 e. The first-order chi connectivity index (χ1) is 11.7. The van der Waals surface area contributed by atoms with Crippen molar-refractivity contribution in [1.82, 2.24) is 10.2 Å². The van der Waals surface area contributed by atoms with E-state index < -0.39 is 0 Å². The molecule has 1 aliphatic rings. The van der Waals surface area contributed by atoms with Crippen molar-refractivity contribution in [1.29, 1.82) is 0 Å². The molecule has 0 aromatic heterocycles. The van der Waals surface area contributed by atoms with Crippen LogP contribution in [0.3, 0.4) is 0 Å². The molecule has 0 unspecified atom stereocenters. The zero-order valence-corrected chi connectivity index (χ0v) is 14.2. The number of hydrogen-bond acceptors (Lipinski definition) is 3. The summed E-state index contributed by atoms with van der Waals surface area (Å²) in [5.74, 6) is -0.154. The summed E-state index contributed by atoms with van der Waals surface area (Å²) < 4.78 is 19.2. The third-order valence-corrected chi connectivity index (χ3v) is 4.49. The molecule has 0 saturated carbocycles. The van der Waals surface area contributed by atoms with Crippen LogP contribution < -0.4 is 5.32 Å². The quantitative estimate of drug-likeness (QED) is 0.878. The normalized spacial score (nSPS) is 16.9. The second-order valence-corrected chi connectivity index (χ2v) is 6.33. The summed E-state index contributed by atoms with van der Waals surface area (Å²) in [5, 5.41) is 3.41. The number of nitrogens with zero attached hydrogens (tertiary/aromatic N) is 1. The van der Waals surface area contributed by atoms with Gasteiger partial charge in [-0.25, -0.2) is 4.39 Å². The Balaban J connectivity index is 1.57. The first kappa shape index (κ1) is 17.1.